The molecule has 0 aromatic heterocycles. The van der Waals surface area contributed by atoms with Gasteiger partial charge in [-0.05, 0) is 19.1 Å². The van der Waals surface area contributed by atoms with Crippen molar-refractivity contribution in [3.05, 3.63) is 29.6 Å². The molecule has 113 valence electrons. The van der Waals surface area contributed by atoms with Gasteiger partial charge in [-0.3, -0.25) is 4.79 Å². The number of rotatable bonds is 3. The van der Waals surface area contributed by atoms with Gasteiger partial charge in [-0.2, -0.15) is 5.26 Å². The van der Waals surface area contributed by atoms with E-state index in [2.05, 4.69) is 6.07 Å². The van der Waals surface area contributed by atoms with Crippen molar-refractivity contribution in [2.24, 2.45) is 5.41 Å². The third-order valence-corrected chi connectivity index (χ3v) is 4.35. The predicted octanol–water partition coefficient (Wildman–Crippen LogP) is 2.23. The Morgan fingerprint density at radius 3 is 2.48 bits per heavy atom. The Hall–Kier alpha value is -1.94. The zero-order chi connectivity index (χ0) is 16.4. The van der Waals surface area contributed by atoms with E-state index in [9.17, 15) is 17.6 Å². The topological polar surface area (TPSA) is 78.2 Å². The zero-order valence-corrected chi connectivity index (χ0v) is 13.1. The number of benzene rings is 1. The van der Waals surface area contributed by atoms with Crippen molar-refractivity contribution < 1.29 is 17.6 Å². The second-order valence-electron chi connectivity index (χ2n) is 5.41. The highest BCUT2D eigenvalue weighted by Gasteiger charge is 2.36. The molecule has 0 spiro atoms. The molecule has 1 aromatic rings. The monoisotopic (exact) mass is 311 g/mol. The lowest BCUT2D eigenvalue weighted by molar-refractivity contribution is -0.124. The molecule has 0 unspecified atom stereocenters. The van der Waals surface area contributed by atoms with Crippen LogP contribution in [0.2, 0.25) is 0 Å². The average Bonchev–Trinajstić information content (AvgIpc) is 2.39. The van der Waals surface area contributed by atoms with Crippen LogP contribution in [0.5, 0.6) is 0 Å². The SMILES string of the molecule is CCS(=O)(=O)N(C(=O)C(C)(C)C)c1c[c]c(F)cc1C#N. The van der Waals surface area contributed by atoms with Gasteiger partial charge in [0.1, 0.15) is 11.9 Å². The molecule has 1 amide bonds. The summed E-state index contributed by atoms with van der Waals surface area (Å²) in [6, 6.07) is 5.74. The Bertz CT molecular complexity index is 700. The summed E-state index contributed by atoms with van der Waals surface area (Å²) in [4.78, 5) is 12.5. The smallest absolute Gasteiger partial charge is 0.246 e. The Morgan fingerprint density at radius 1 is 1.48 bits per heavy atom. The standard InChI is InChI=1S/C14H16FN2O3S/c1-5-21(19,20)17(13(18)14(2,3)4)12-7-6-11(15)8-10(12)9-16/h7-8H,5H2,1-4H3. The third kappa shape index (κ3) is 3.58. The number of halogens is 1. The minimum Gasteiger partial charge on any atom is -0.273 e. The highest BCUT2D eigenvalue weighted by Crippen LogP contribution is 2.29. The number of hydrogen-bond acceptors (Lipinski definition) is 4. The zero-order valence-electron chi connectivity index (χ0n) is 12.3. The molecule has 0 aliphatic rings. The first kappa shape index (κ1) is 17.1. The van der Waals surface area contributed by atoms with Crippen LogP contribution in [0.1, 0.15) is 33.3 Å². The molecular weight excluding hydrogens is 295 g/mol. The maximum absolute atomic E-state index is 13.2. The van der Waals surface area contributed by atoms with E-state index in [-0.39, 0.29) is 17.0 Å². The lowest BCUT2D eigenvalue weighted by Crippen LogP contribution is -2.44. The Labute approximate surface area is 124 Å². The van der Waals surface area contributed by atoms with E-state index in [0.29, 0.717) is 4.31 Å². The number of sulfonamides is 1. The Balaban J connectivity index is 3.62. The Morgan fingerprint density at radius 2 is 2.05 bits per heavy atom. The van der Waals surface area contributed by atoms with Crippen LogP contribution in [0, 0.1) is 28.6 Å². The number of nitrogens with zero attached hydrogens (tertiary/aromatic N) is 2. The van der Waals surface area contributed by atoms with Gasteiger partial charge in [-0.25, -0.2) is 17.1 Å². The van der Waals surface area contributed by atoms with E-state index >= 15 is 0 Å². The lowest BCUT2D eigenvalue weighted by Gasteiger charge is -2.29. The van der Waals surface area contributed by atoms with Crippen molar-refractivity contribution in [1.82, 2.24) is 0 Å². The van der Waals surface area contributed by atoms with Gasteiger partial charge in [-0.15, -0.1) is 0 Å². The first-order valence-electron chi connectivity index (χ1n) is 6.23. The summed E-state index contributed by atoms with van der Waals surface area (Å²) in [5, 5.41) is 9.05. The number of hydrogen-bond donors (Lipinski definition) is 0. The van der Waals surface area contributed by atoms with Crippen molar-refractivity contribution in [2.45, 2.75) is 27.7 Å². The average molecular weight is 311 g/mol. The van der Waals surface area contributed by atoms with Crippen molar-refractivity contribution in [2.75, 3.05) is 10.1 Å². The van der Waals surface area contributed by atoms with E-state index in [1.54, 1.807) is 26.8 Å². The molecule has 1 radical (unpaired) electrons. The largest absolute Gasteiger partial charge is 0.273 e. The van der Waals surface area contributed by atoms with Gasteiger partial charge in [0.25, 0.3) is 0 Å². The molecule has 7 heteroatoms. The maximum Gasteiger partial charge on any atom is 0.246 e. The van der Waals surface area contributed by atoms with E-state index in [1.165, 1.54) is 6.92 Å². The van der Waals surface area contributed by atoms with Crippen molar-refractivity contribution in [3.63, 3.8) is 0 Å². The molecule has 0 saturated carbocycles. The van der Waals surface area contributed by atoms with Crippen molar-refractivity contribution >= 4 is 21.6 Å². The molecule has 0 bridgehead atoms. The molecule has 0 atom stereocenters. The summed E-state index contributed by atoms with van der Waals surface area (Å²) in [6.07, 6.45) is 0. The molecule has 5 nitrogen and oxygen atoms in total. The maximum atomic E-state index is 13.2. The van der Waals surface area contributed by atoms with Crippen LogP contribution >= 0.6 is 0 Å². The highest BCUT2D eigenvalue weighted by molar-refractivity contribution is 7.93. The summed E-state index contributed by atoms with van der Waals surface area (Å²) in [5.74, 6) is -1.81. The summed E-state index contributed by atoms with van der Waals surface area (Å²) >= 11 is 0. The van der Waals surface area contributed by atoms with Crippen LogP contribution in [-0.2, 0) is 14.8 Å². The molecule has 0 saturated heterocycles. The van der Waals surface area contributed by atoms with Gasteiger partial charge in [0.15, 0.2) is 0 Å². The van der Waals surface area contributed by atoms with Crippen LogP contribution in [0.3, 0.4) is 0 Å². The van der Waals surface area contributed by atoms with E-state index in [0.717, 1.165) is 12.1 Å². The van der Waals surface area contributed by atoms with Crippen LogP contribution < -0.4 is 4.31 Å². The molecule has 0 aliphatic heterocycles. The second kappa shape index (κ2) is 5.82. The number of carbonyl (C=O) groups excluding carboxylic acids is 1. The summed E-state index contributed by atoms with van der Waals surface area (Å²) in [5.41, 5.74) is -1.40. The van der Waals surface area contributed by atoms with Crippen molar-refractivity contribution in [3.8, 4) is 6.07 Å². The van der Waals surface area contributed by atoms with Gasteiger partial charge in [0.2, 0.25) is 15.9 Å². The van der Waals surface area contributed by atoms with Gasteiger partial charge >= 0.3 is 0 Å². The minimum absolute atomic E-state index is 0.180. The fourth-order valence-electron chi connectivity index (χ4n) is 1.53. The molecule has 1 rings (SSSR count). The normalized spacial score (nSPS) is 11.8. The number of anilines is 1. The van der Waals surface area contributed by atoms with Crippen LogP contribution in [0.4, 0.5) is 10.1 Å². The first-order chi connectivity index (χ1) is 9.54. The molecular formula is C14H16FN2O3S. The van der Waals surface area contributed by atoms with E-state index in [1.807, 2.05) is 0 Å². The molecule has 1 aromatic carbocycles. The summed E-state index contributed by atoms with van der Waals surface area (Å²) in [7, 11) is -3.95. The number of amides is 1. The van der Waals surface area contributed by atoms with Gasteiger partial charge < -0.3 is 0 Å². The second-order valence-corrected chi connectivity index (χ2v) is 7.52. The van der Waals surface area contributed by atoms with Crippen LogP contribution in [-0.4, -0.2) is 20.1 Å². The summed E-state index contributed by atoms with van der Waals surface area (Å²) < 4.78 is 38.2. The van der Waals surface area contributed by atoms with Gasteiger partial charge in [0, 0.05) is 11.5 Å². The third-order valence-electron chi connectivity index (χ3n) is 2.70. The first-order valence-corrected chi connectivity index (χ1v) is 7.84. The van der Waals surface area contributed by atoms with E-state index in [4.69, 9.17) is 5.26 Å². The molecule has 0 heterocycles. The van der Waals surface area contributed by atoms with Crippen molar-refractivity contribution in [1.29, 1.82) is 5.26 Å². The molecule has 0 N–H and O–H groups in total. The van der Waals surface area contributed by atoms with Gasteiger partial charge in [-0.1, -0.05) is 20.8 Å². The van der Waals surface area contributed by atoms with E-state index < -0.39 is 27.2 Å². The fraction of sp³-hybridized carbons (Fsp3) is 0.429. The van der Waals surface area contributed by atoms with Crippen LogP contribution in [0.15, 0.2) is 12.1 Å². The van der Waals surface area contributed by atoms with Gasteiger partial charge in [0.05, 0.1) is 17.0 Å². The molecule has 21 heavy (non-hydrogen) atoms. The van der Waals surface area contributed by atoms with Crippen LogP contribution in [0.25, 0.3) is 0 Å². The number of nitriles is 1. The number of carbonyl (C=O) groups is 1. The summed E-state index contributed by atoms with van der Waals surface area (Å²) in [6.45, 7) is 6.07. The molecule has 0 fully saturated rings. The minimum atomic E-state index is -3.95. The quantitative estimate of drug-likeness (QED) is 0.857. The Kier molecular flexibility index (Phi) is 4.74. The highest BCUT2D eigenvalue weighted by atomic mass is 32.2. The fourth-order valence-corrected chi connectivity index (χ4v) is 2.77. The molecule has 0 aliphatic carbocycles. The predicted molar refractivity (Wildman–Crippen MR) is 76.4 cm³/mol. The lowest BCUT2D eigenvalue weighted by atomic mass is 9.95.